The third kappa shape index (κ3) is 6.52. The largest absolute Gasteiger partial charge is 0.497 e. The Morgan fingerprint density at radius 1 is 0.951 bits per heavy atom. The first-order chi connectivity index (χ1) is 19.0. The van der Waals surface area contributed by atoms with Crippen LogP contribution in [0, 0.1) is 0 Å². The molecule has 0 saturated carbocycles. The van der Waals surface area contributed by atoms with Crippen molar-refractivity contribution >= 4 is 23.2 Å². The molecule has 12 heteroatoms. The van der Waals surface area contributed by atoms with E-state index in [4.69, 9.17) is 4.74 Å². The standard InChI is InChI=1S/C29H28F6N2O3S/c1-27(2,3)37(26(39)18-13-19(28(30,31)32)15-20(14-18)29(33,34)35)16-24(38)36-11-9-23-22(10-12-41-23)25(36)17-5-7-21(40-4)8-6-17/h5-8,10,12-15,25H,9,11,16H2,1-4H3. The molecule has 3 aromatic rings. The van der Waals surface area contributed by atoms with Gasteiger partial charge < -0.3 is 14.5 Å². The molecule has 1 atom stereocenters. The molecule has 0 spiro atoms. The Morgan fingerprint density at radius 2 is 1.54 bits per heavy atom. The Morgan fingerprint density at radius 3 is 2.05 bits per heavy atom. The number of hydrogen-bond acceptors (Lipinski definition) is 4. The Hall–Kier alpha value is -3.54. The van der Waals surface area contributed by atoms with Crippen LogP contribution < -0.4 is 4.74 Å². The Bertz CT molecular complexity index is 1390. The summed E-state index contributed by atoms with van der Waals surface area (Å²) in [7, 11) is 1.53. The lowest BCUT2D eigenvalue weighted by molar-refractivity contribution is -0.143. The molecule has 41 heavy (non-hydrogen) atoms. The number of nitrogens with zero attached hydrogens (tertiary/aromatic N) is 2. The monoisotopic (exact) mass is 598 g/mol. The smallest absolute Gasteiger partial charge is 0.416 e. The van der Waals surface area contributed by atoms with Crippen molar-refractivity contribution in [2.45, 2.75) is 51.1 Å². The summed E-state index contributed by atoms with van der Waals surface area (Å²) >= 11 is 1.56. The van der Waals surface area contributed by atoms with E-state index in [-0.39, 0.29) is 6.07 Å². The lowest BCUT2D eigenvalue weighted by Gasteiger charge is -2.40. The molecule has 220 valence electrons. The number of methoxy groups -OCH3 is 1. The van der Waals surface area contributed by atoms with Gasteiger partial charge in [-0.25, -0.2) is 0 Å². The van der Waals surface area contributed by atoms with Crippen molar-refractivity contribution in [1.82, 2.24) is 9.80 Å². The second-order valence-corrected chi connectivity index (χ2v) is 11.7. The third-order valence-corrected chi connectivity index (χ3v) is 7.90. The Labute approximate surface area is 237 Å². The van der Waals surface area contributed by atoms with Crippen LogP contribution in [0.2, 0.25) is 0 Å². The van der Waals surface area contributed by atoms with E-state index in [9.17, 15) is 35.9 Å². The maximum atomic E-state index is 13.8. The highest BCUT2D eigenvalue weighted by Gasteiger charge is 2.40. The molecule has 0 N–H and O–H groups in total. The molecule has 0 fully saturated rings. The zero-order valence-electron chi connectivity index (χ0n) is 22.7. The lowest BCUT2D eigenvalue weighted by atomic mass is 9.93. The van der Waals surface area contributed by atoms with Gasteiger partial charge in [0.15, 0.2) is 0 Å². The zero-order chi connectivity index (χ0) is 30.3. The van der Waals surface area contributed by atoms with E-state index in [1.807, 2.05) is 23.6 Å². The number of rotatable bonds is 5. The van der Waals surface area contributed by atoms with E-state index < -0.39 is 59.0 Å². The first-order valence-corrected chi connectivity index (χ1v) is 13.5. The van der Waals surface area contributed by atoms with Crippen molar-refractivity contribution in [2.75, 3.05) is 20.2 Å². The number of thiophene rings is 1. The number of carbonyl (C=O) groups is 2. The van der Waals surface area contributed by atoms with Crippen molar-refractivity contribution in [3.8, 4) is 5.75 Å². The van der Waals surface area contributed by atoms with Crippen LogP contribution in [0.15, 0.2) is 53.9 Å². The molecule has 2 amide bonds. The van der Waals surface area contributed by atoms with Crippen molar-refractivity contribution in [2.24, 2.45) is 0 Å². The predicted octanol–water partition coefficient (Wildman–Crippen LogP) is 7.21. The molecule has 1 aliphatic heterocycles. The Kier molecular flexibility index (Phi) is 8.19. The minimum atomic E-state index is -5.11. The fourth-order valence-electron chi connectivity index (χ4n) is 4.80. The summed E-state index contributed by atoms with van der Waals surface area (Å²) in [5.41, 5.74) is -3.41. The van der Waals surface area contributed by atoms with Crippen LogP contribution in [0.4, 0.5) is 26.3 Å². The highest BCUT2D eigenvalue weighted by molar-refractivity contribution is 7.10. The molecular weight excluding hydrogens is 570 g/mol. The van der Waals surface area contributed by atoms with E-state index in [0.29, 0.717) is 30.8 Å². The summed E-state index contributed by atoms with van der Waals surface area (Å²) in [6.07, 6.45) is -9.66. The minimum Gasteiger partial charge on any atom is -0.497 e. The van der Waals surface area contributed by atoms with Gasteiger partial charge in [-0.05, 0) is 80.1 Å². The van der Waals surface area contributed by atoms with Crippen LogP contribution in [0.25, 0.3) is 0 Å². The number of hydrogen-bond donors (Lipinski definition) is 0. The zero-order valence-corrected chi connectivity index (χ0v) is 23.5. The predicted molar refractivity (Wildman–Crippen MR) is 142 cm³/mol. The lowest BCUT2D eigenvalue weighted by Crippen LogP contribution is -2.52. The van der Waals surface area contributed by atoms with Crippen LogP contribution >= 0.6 is 11.3 Å². The van der Waals surface area contributed by atoms with E-state index in [1.165, 1.54) is 7.11 Å². The number of benzene rings is 2. The number of carbonyl (C=O) groups excluding carboxylic acids is 2. The SMILES string of the molecule is COc1ccc(C2c3ccsc3CCN2C(=O)CN(C(=O)c2cc(C(F)(F)F)cc(C(F)(F)F)c2)C(C)(C)C)cc1. The highest BCUT2D eigenvalue weighted by atomic mass is 32.1. The number of halogens is 6. The molecule has 0 radical (unpaired) electrons. The first kappa shape index (κ1) is 30.4. The molecular formula is C29H28F6N2O3S. The fourth-order valence-corrected chi connectivity index (χ4v) is 5.71. The van der Waals surface area contributed by atoms with Crippen LogP contribution in [-0.4, -0.2) is 47.4 Å². The molecule has 0 aliphatic carbocycles. The number of ether oxygens (including phenoxy) is 1. The maximum Gasteiger partial charge on any atom is 0.416 e. The van der Waals surface area contributed by atoms with Crippen molar-refractivity contribution in [1.29, 1.82) is 0 Å². The van der Waals surface area contributed by atoms with Crippen molar-refractivity contribution in [3.63, 3.8) is 0 Å². The summed E-state index contributed by atoms with van der Waals surface area (Å²) < 4.78 is 86.1. The average molecular weight is 599 g/mol. The van der Waals surface area contributed by atoms with E-state index in [2.05, 4.69) is 0 Å². The van der Waals surface area contributed by atoms with Gasteiger partial charge in [0.05, 0.1) is 24.3 Å². The molecule has 2 aromatic carbocycles. The van der Waals surface area contributed by atoms with E-state index in [1.54, 1.807) is 49.1 Å². The normalized spacial score (nSPS) is 15.9. The topological polar surface area (TPSA) is 49.9 Å². The summed E-state index contributed by atoms with van der Waals surface area (Å²) in [6.45, 7) is 4.45. The highest BCUT2D eigenvalue weighted by Crippen LogP contribution is 2.39. The second-order valence-electron chi connectivity index (χ2n) is 10.7. The van der Waals surface area contributed by atoms with Crippen molar-refractivity contribution < 1.29 is 40.7 Å². The third-order valence-electron chi connectivity index (χ3n) is 6.90. The van der Waals surface area contributed by atoms with Gasteiger partial charge in [0.2, 0.25) is 5.91 Å². The van der Waals surface area contributed by atoms with Gasteiger partial charge in [0, 0.05) is 22.5 Å². The van der Waals surface area contributed by atoms with Gasteiger partial charge in [-0.1, -0.05) is 12.1 Å². The molecule has 2 heterocycles. The molecule has 1 unspecified atom stereocenters. The molecule has 0 bridgehead atoms. The van der Waals surface area contributed by atoms with E-state index in [0.717, 1.165) is 20.9 Å². The van der Waals surface area contributed by atoms with Crippen LogP contribution in [0.3, 0.4) is 0 Å². The minimum absolute atomic E-state index is 0.0328. The fraction of sp³-hybridized carbons (Fsp3) is 0.379. The van der Waals surface area contributed by atoms with Gasteiger partial charge in [-0.15, -0.1) is 11.3 Å². The van der Waals surface area contributed by atoms with Gasteiger partial charge in [-0.3, -0.25) is 9.59 Å². The average Bonchev–Trinajstić information content (AvgIpc) is 3.38. The summed E-state index contributed by atoms with van der Waals surface area (Å²) in [5.74, 6) is -0.984. The van der Waals surface area contributed by atoms with Crippen LogP contribution in [0.1, 0.15) is 64.3 Å². The molecule has 4 rings (SSSR count). The summed E-state index contributed by atoms with van der Waals surface area (Å²) in [5, 5.41) is 1.92. The second kappa shape index (κ2) is 11.0. The quantitative estimate of drug-likeness (QED) is 0.292. The van der Waals surface area contributed by atoms with Gasteiger partial charge in [0.25, 0.3) is 5.91 Å². The van der Waals surface area contributed by atoms with Crippen molar-refractivity contribution in [3.05, 3.63) is 86.6 Å². The van der Waals surface area contributed by atoms with Gasteiger partial charge in [-0.2, -0.15) is 26.3 Å². The van der Waals surface area contributed by atoms with Crippen LogP contribution in [-0.2, 0) is 23.6 Å². The first-order valence-electron chi connectivity index (χ1n) is 12.6. The summed E-state index contributed by atoms with van der Waals surface area (Å²) in [6, 6.07) is 9.33. The van der Waals surface area contributed by atoms with E-state index >= 15 is 0 Å². The number of amides is 2. The molecule has 5 nitrogen and oxygen atoms in total. The van der Waals surface area contributed by atoms with Gasteiger partial charge in [0.1, 0.15) is 12.3 Å². The molecule has 0 saturated heterocycles. The number of fused-ring (bicyclic) bond motifs is 1. The van der Waals surface area contributed by atoms with Gasteiger partial charge >= 0.3 is 12.4 Å². The summed E-state index contributed by atoms with van der Waals surface area (Å²) in [4.78, 5) is 31.1. The molecule has 1 aliphatic rings. The van der Waals surface area contributed by atoms with Crippen LogP contribution in [0.5, 0.6) is 5.75 Å². The Balaban J connectivity index is 1.71. The maximum absolute atomic E-state index is 13.8. The molecule has 1 aromatic heterocycles. The number of alkyl halides is 6.